The van der Waals surface area contributed by atoms with Crippen LogP contribution in [-0.4, -0.2) is 51.0 Å². The first-order valence-corrected chi connectivity index (χ1v) is 14.6. The van der Waals surface area contributed by atoms with E-state index in [-0.39, 0.29) is 43.1 Å². The van der Waals surface area contributed by atoms with Gasteiger partial charge in [-0.05, 0) is 75.3 Å². The van der Waals surface area contributed by atoms with Crippen molar-refractivity contribution in [3.63, 3.8) is 0 Å². The zero-order chi connectivity index (χ0) is 24.7. The number of pyridine rings is 1. The molecule has 0 amide bonds. The highest BCUT2D eigenvalue weighted by molar-refractivity contribution is 7.99. The number of ketones is 1. The quantitative estimate of drug-likeness (QED) is 0.110. The number of nitrogens with one attached hydrogen (secondary N) is 1. The van der Waals surface area contributed by atoms with Gasteiger partial charge in [-0.2, -0.15) is 0 Å². The SMILES string of the molecule is Cc1c(SCCCN2CCC(C(=O)c3ccccc3)CC2)ccnc1CSc1nc2ccccc2[nH]1.Cl.Cl.Cl. The molecule has 39 heavy (non-hydrogen) atoms. The molecule has 0 unspecified atom stereocenters. The van der Waals surface area contributed by atoms with E-state index in [9.17, 15) is 4.79 Å². The number of benzene rings is 2. The van der Waals surface area contributed by atoms with E-state index in [2.05, 4.69) is 38.9 Å². The maximum Gasteiger partial charge on any atom is 0.166 e. The van der Waals surface area contributed by atoms with Crippen molar-refractivity contribution in [2.75, 3.05) is 25.4 Å². The average Bonchev–Trinajstić information content (AvgIpc) is 3.35. The van der Waals surface area contributed by atoms with Crippen LogP contribution in [0, 0.1) is 12.8 Å². The fourth-order valence-electron chi connectivity index (χ4n) is 4.72. The van der Waals surface area contributed by atoms with Gasteiger partial charge in [0.1, 0.15) is 0 Å². The van der Waals surface area contributed by atoms with Crippen molar-refractivity contribution < 1.29 is 4.79 Å². The zero-order valence-corrected chi connectivity index (χ0v) is 26.0. The van der Waals surface area contributed by atoms with Gasteiger partial charge >= 0.3 is 0 Å². The number of carbonyl (C=O) groups excluding carboxylic acids is 1. The lowest BCUT2D eigenvalue weighted by atomic mass is 9.89. The summed E-state index contributed by atoms with van der Waals surface area (Å²) in [5.41, 5.74) is 5.32. The first-order valence-electron chi connectivity index (χ1n) is 12.6. The number of carbonyl (C=O) groups is 1. The van der Waals surface area contributed by atoms with Crippen molar-refractivity contribution in [3.8, 4) is 0 Å². The van der Waals surface area contributed by atoms with E-state index in [1.54, 1.807) is 11.8 Å². The van der Waals surface area contributed by atoms with Gasteiger partial charge in [0, 0.05) is 28.3 Å². The van der Waals surface area contributed by atoms with Gasteiger partial charge in [0.25, 0.3) is 0 Å². The minimum atomic E-state index is 0. The number of imidazole rings is 1. The topological polar surface area (TPSA) is 61.9 Å². The first kappa shape index (κ1) is 33.5. The van der Waals surface area contributed by atoms with Gasteiger partial charge in [-0.3, -0.25) is 9.78 Å². The first-order chi connectivity index (χ1) is 17.7. The summed E-state index contributed by atoms with van der Waals surface area (Å²) in [7, 11) is 0. The number of H-pyrrole nitrogens is 1. The van der Waals surface area contributed by atoms with Crippen LogP contribution in [0.2, 0.25) is 0 Å². The van der Waals surface area contributed by atoms with Gasteiger partial charge in [0.2, 0.25) is 0 Å². The van der Waals surface area contributed by atoms with Crippen LogP contribution in [0.25, 0.3) is 11.0 Å². The van der Waals surface area contributed by atoms with E-state index < -0.39 is 0 Å². The molecular weight excluding hydrogens is 591 g/mol. The largest absolute Gasteiger partial charge is 0.333 e. The number of thioether (sulfide) groups is 2. The number of hydrogen-bond donors (Lipinski definition) is 1. The molecule has 0 spiro atoms. The monoisotopic (exact) mass is 624 g/mol. The summed E-state index contributed by atoms with van der Waals surface area (Å²) < 4.78 is 0. The van der Waals surface area contributed by atoms with Crippen molar-refractivity contribution in [2.24, 2.45) is 5.92 Å². The number of aromatic amines is 1. The van der Waals surface area contributed by atoms with E-state index in [1.165, 1.54) is 10.5 Å². The molecule has 1 fully saturated rings. The number of hydrogen-bond acceptors (Lipinski definition) is 6. The number of Topliss-reactive ketones (excluding diaryl/α,β-unsaturated/α-hetero) is 1. The number of para-hydroxylation sites is 2. The van der Waals surface area contributed by atoms with Gasteiger partial charge in [0.15, 0.2) is 10.9 Å². The van der Waals surface area contributed by atoms with Crippen LogP contribution < -0.4 is 0 Å². The summed E-state index contributed by atoms with van der Waals surface area (Å²) in [4.78, 5) is 29.2. The molecule has 1 N–H and O–H groups in total. The molecule has 4 aromatic rings. The molecule has 3 heterocycles. The summed E-state index contributed by atoms with van der Waals surface area (Å²) in [5, 5.41) is 0.935. The maximum absolute atomic E-state index is 12.7. The van der Waals surface area contributed by atoms with Crippen LogP contribution in [0.3, 0.4) is 0 Å². The molecule has 0 saturated carbocycles. The fourth-order valence-corrected chi connectivity index (χ4v) is 6.62. The van der Waals surface area contributed by atoms with Crippen molar-refractivity contribution in [1.82, 2.24) is 19.9 Å². The number of nitrogens with zero attached hydrogens (tertiary/aromatic N) is 3. The molecule has 0 atom stereocenters. The van der Waals surface area contributed by atoms with Crippen molar-refractivity contribution in [1.29, 1.82) is 0 Å². The summed E-state index contributed by atoms with van der Waals surface area (Å²) in [6.07, 6.45) is 5.01. The highest BCUT2D eigenvalue weighted by Gasteiger charge is 2.25. The Bertz CT molecular complexity index is 1280. The molecule has 1 aliphatic heterocycles. The normalized spacial score (nSPS) is 13.8. The second-order valence-corrected chi connectivity index (χ2v) is 11.4. The second-order valence-electron chi connectivity index (χ2n) is 9.28. The summed E-state index contributed by atoms with van der Waals surface area (Å²) in [5.74, 6) is 2.38. The average molecular weight is 626 g/mol. The lowest BCUT2D eigenvalue weighted by molar-refractivity contribution is 0.0840. The standard InChI is InChI=1S/C29H32N4OS2.3ClH/c1-21-26(20-36-29-31-24-10-5-6-11-25(24)32-29)30-15-12-27(21)35-19-7-16-33-17-13-23(14-18-33)28(34)22-8-3-2-4-9-22;;;/h2-6,8-12,15,23H,7,13-14,16-20H2,1H3,(H,31,32);3*1H. The van der Waals surface area contributed by atoms with Crippen LogP contribution in [0.1, 0.15) is 40.9 Å². The third-order valence-corrected chi connectivity index (χ3v) is 9.00. The number of aromatic nitrogens is 3. The predicted molar refractivity (Wildman–Crippen MR) is 172 cm³/mol. The molecule has 0 aliphatic carbocycles. The Kier molecular flexibility index (Phi) is 14.2. The molecule has 5 rings (SSSR count). The number of rotatable bonds is 10. The Labute approximate surface area is 258 Å². The molecule has 210 valence electrons. The van der Waals surface area contributed by atoms with Gasteiger partial charge < -0.3 is 9.88 Å². The van der Waals surface area contributed by atoms with Gasteiger partial charge in [-0.15, -0.1) is 49.0 Å². The number of likely N-dealkylation sites (tertiary alicyclic amines) is 1. The molecule has 0 radical (unpaired) electrons. The smallest absolute Gasteiger partial charge is 0.166 e. The van der Waals surface area contributed by atoms with Crippen LogP contribution in [-0.2, 0) is 5.75 Å². The van der Waals surface area contributed by atoms with E-state index in [1.807, 2.05) is 66.5 Å². The molecule has 10 heteroatoms. The molecule has 1 saturated heterocycles. The highest BCUT2D eigenvalue weighted by atomic mass is 35.5. The Balaban J connectivity index is 0.00000178. The van der Waals surface area contributed by atoms with Crippen molar-refractivity contribution in [2.45, 2.75) is 42.0 Å². The third-order valence-electron chi connectivity index (χ3n) is 6.86. The number of piperidine rings is 1. The highest BCUT2D eigenvalue weighted by Crippen LogP contribution is 2.29. The molecular formula is C29H35Cl3N4OS2. The van der Waals surface area contributed by atoms with Crippen LogP contribution in [0.15, 0.2) is 76.9 Å². The molecule has 1 aliphatic rings. The van der Waals surface area contributed by atoms with E-state index in [0.717, 1.165) is 77.8 Å². The summed E-state index contributed by atoms with van der Waals surface area (Å²) >= 11 is 3.63. The zero-order valence-electron chi connectivity index (χ0n) is 21.9. The Morgan fingerprint density at radius 2 is 1.69 bits per heavy atom. The Morgan fingerprint density at radius 1 is 0.974 bits per heavy atom. The minimum absolute atomic E-state index is 0. The maximum atomic E-state index is 12.7. The Hall–Kier alpha value is -1.74. The predicted octanol–water partition coefficient (Wildman–Crippen LogP) is 7.90. The Morgan fingerprint density at radius 3 is 2.44 bits per heavy atom. The molecule has 2 aromatic carbocycles. The third kappa shape index (κ3) is 8.87. The van der Waals surface area contributed by atoms with Gasteiger partial charge in [-0.1, -0.05) is 54.2 Å². The lowest BCUT2D eigenvalue weighted by Gasteiger charge is -2.31. The molecule has 5 nitrogen and oxygen atoms in total. The van der Waals surface area contributed by atoms with Gasteiger partial charge in [-0.25, -0.2) is 4.98 Å². The minimum Gasteiger partial charge on any atom is -0.333 e. The molecule has 0 bridgehead atoms. The molecule has 2 aromatic heterocycles. The van der Waals surface area contributed by atoms with Crippen LogP contribution in [0.5, 0.6) is 0 Å². The summed E-state index contributed by atoms with van der Waals surface area (Å²) in [6, 6.07) is 20.0. The van der Waals surface area contributed by atoms with Crippen LogP contribution >= 0.6 is 60.7 Å². The van der Waals surface area contributed by atoms with E-state index in [0.29, 0.717) is 5.78 Å². The summed E-state index contributed by atoms with van der Waals surface area (Å²) in [6.45, 7) is 5.31. The number of halogens is 3. The fraction of sp³-hybridized carbons (Fsp3) is 0.345. The van der Waals surface area contributed by atoms with E-state index >= 15 is 0 Å². The van der Waals surface area contributed by atoms with Crippen molar-refractivity contribution in [3.05, 3.63) is 83.7 Å². The second kappa shape index (κ2) is 16.5. The van der Waals surface area contributed by atoms with E-state index in [4.69, 9.17) is 0 Å². The van der Waals surface area contributed by atoms with Crippen molar-refractivity contribution >= 4 is 77.6 Å². The number of fused-ring (bicyclic) bond motifs is 1. The van der Waals surface area contributed by atoms with Gasteiger partial charge in [0.05, 0.1) is 16.7 Å². The lowest BCUT2D eigenvalue weighted by Crippen LogP contribution is -2.37. The van der Waals surface area contributed by atoms with Crippen LogP contribution in [0.4, 0.5) is 0 Å².